The zero-order valence-corrected chi connectivity index (χ0v) is 13.8. The molecule has 0 aliphatic heterocycles. The number of sulfonamides is 1. The molecule has 0 unspecified atom stereocenters. The van der Waals surface area contributed by atoms with Crippen molar-refractivity contribution in [3.8, 4) is 0 Å². The van der Waals surface area contributed by atoms with E-state index in [9.17, 15) is 8.42 Å². The largest absolute Gasteiger partial charge is 0.393 e. The van der Waals surface area contributed by atoms with Crippen LogP contribution in [0.25, 0.3) is 0 Å². The molecule has 0 bridgehead atoms. The Hall–Kier alpha value is -0.240. The first-order chi connectivity index (χ1) is 9.45. The average molecular weight is 322 g/mol. The van der Waals surface area contributed by atoms with Crippen molar-refractivity contribution >= 4 is 27.2 Å². The molecule has 2 N–H and O–H groups in total. The summed E-state index contributed by atoms with van der Waals surface area (Å²) in [7, 11) is -1.68. The van der Waals surface area contributed by atoms with E-state index in [0.717, 1.165) is 25.7 Å². The van der Waals surface area contributed by atoms with Crippen LogP contribution in [0.4, 0.5) is 0 Å². The molecule has 0 heterocycles. The number of thiocarbonyl (C=S) groups is 1. The molecule has 0 atom stereocenters. The van der Waals surface area contributed by atoms with Crippen molar-refractivity contribution in [1.82, 2.24) is 4.31 Å². The number of rotatable bonds is 9. The minimum atomic E-state index is -3.25. The molecular weight excluding hydrogens is 296 g/mol. The molecule has 1 aliphatic carbocycles. The van der Waals surface area contributed by atoms with Gasteiger partial charge in [-0.1, -0.05) is 31.5 Å². The number of nitrogens with zero attached hydrogens (tertiary/aromatic N) is 1. The Balaban J connectivity index is 2.61. The van der Waals surface area contributed by atoms with E-state index >= 15 is 0 Å². The smallest absolute Gasteiger partial charge is 0.214 e. The number of hydrogen-bond acceptors (Lipinski definition) is 4. The third-order valence-corrected chi connectivity index (χ3v) is 5.97. The van der Waals surface area contributed by atoms with Gasteiger partial charge in [0, 0.05) is 26.6 Å². The van der Waals surface area contributed by atoms with Crippen LogP contribution in [0.15, 0.2) is 0 Å². The molecule has 0 radical (unpaired) electrons. The predicted molar refractivity (Wildman–Crippen MR) is 85.2 cm³/mol. The van der Waals surface area contributed by atoms with Crippen molar-refractivity contribution < 1.29 is 13.2 Å². The van der Waals surface area contributed by atoms with Crippen molar-refractivity contribution in [3.63, 3.8) is 0 Å². The molecule has 118 valence electrons. The van der Waals surface area contributed by atoms with Crippen molar-refractivity contribution in [2.75, 3.05) is 32.6 Å². The van der Waals surface area contributed by atoms with Gasteiger partial charge in [0.05, 0.1) is 17.3 Å². The Morgan fingerprint density at radius 2 is 1.95 bits per heavy atom. The quantitative estimate of drug-likeness (QED) is 0.652. The van der Waals surface area contributed by atoms with Gasteiger partial charge < -0.3 is 10.5 Å². The van der Waals surface area contributed by atoms with Gasteiger partial charge in [-0.25, -0.2) is 8.42 Å². The maximum absolute atomic E-state index is 12.5. The summed E-state index contributed by atoms with van der Waals surface area (Å²) < 4.78 is 31.5. The highest BCUT2D eigenvalue weighted by Gasteiger charge is 2.26. The molecule has 1 fully saturated rings. The van der Waals surface area contributed by atoms with Crippen molar-refractivity contribution in [2.24, 2.45) is 11.7 Å². The van der Waals surface area contributed by atoms with Crippen LogP contribution in [0, 0.1) is 5.92 Å². The predicted octanol–water partition coefficient (Wildman–Crippen LogP) is 1.52. The Morgan fingerprint density at radius 3 is 2.50 bits per heavy atom. The van der Waals surface area contributed by atoms with Gasteiger partial charge in [-0.05, 0) is 18.8 Å². The van der Waals surface area contributed by atoms with Crippen LogP contribution >= 0.6 is 12.2 Å². The van der Waals surface area contributed by atoms with Crippen molar-refractivity contribution in [1.29, 1.82) is 0 Å². The standard InChI is InChI=1S/C13H26N2O3S2/c1-18-10-9-15(8-7-13(14)19)20(16,17)11-12-5-3-2-4-6-12/h12H,2-11H2,1H3,(H2,14,19). The summed E-state index contributed by atoms with van der Waals surface area (Å²) in [5.74, 6) is 0.539. The normalized spacial score (nSPS) is 17.5. The monoisotopic (exact) mass is 322 g/mol. The van der Waals surface area contributed by atoms with Crippen LogP contribution in [0.2, 0.25) is 0 Å². The summed E-state index contributed by atoms with van der Waals surface area (Å²) >= 11 is 4.84. The molecule has 0 aromatic heterocycles. The van der Waals surface area contributed by atoms with Gasteiger partial charge in [-0.3, -0.25) is 0 Å². The maximum Gasteiger partial charge on any atom is 0.214 e. The van der Waals surface area contributed by atoms with E-state index in [1.807, 2.05) is 0 Å². The van der Waals surface area contributed by atoms with E-state index in [0.29, 0.717) is 37.0 Å². The molecule has 7 heteroatoms. The van der Waals surface area contributed by atoms with E-state index in [-0.39, 0.29) is 5.75 Å². The Morgan fingerprint density at radius 1 is 1.30 bits per heavy atom. The fourth-order valence-electron chi connectivity index (χ4n) is 2.58. The molecule has 1 rings (SSSR count). The van der Waals surface area contributed by atoms with E-state index in [1.54, 1.807) is 7.11 Å². The molecule has 1 saturated carbocycles. The molecule has 0 spiro atoms. The third kappa shape index (κ3) is 6.47. The van der Waals surface area contributed by atoms with Gasteiger partial charge in [0.15, 0.2) is 0 Å². The first kappa shape index (κ1) is 17.8. The summed E-state index contributed by atoms with van der Waals surface area (Å²) in [5, 5.41) is 0. The zero-order valence-electron chi connectivity index (χ0n) is 12.2. The molecule has 0 saturated heterocycles. The Labute approximate surface area is 127 Å². The molecule has 1 aliphatic rings. The van der Waals surface area contributed by atoms with E-state index in [4.69, 9.17) is 22.7 Å². The first-order valence-electron chi connectivity index (χ1n) is 7.21. The summed E-state index contributed by atoms with van der Waals surface area (Å²) in [6.45, 7) is 1.11. The second kappa shape index (κ2) is 8.92. The van der Waals surface area contributed by atoms with Gasteiger partial charge in [0.1, 0.15) is 0 Å². The minimum Gasteiger partial charge on any atom is -0.393 e. The second-order valence-corrected chi connectivity index (χ2v) is 7.93. The zero-order chi connectivity index (χ0) is 15.0. The van der Waals surface area contributed by atoms with E-state index < -0.39 is 10.0 Å². The fourth-order valence-corrected chi connectivity index (χ4v) is 4.53. The van der Waals surface area contributed by atoms with Crippen LogP contribution in [0.3, 0.4) is 0 Å². The SMILES string of the molecule is COCCN(CCC(N)=S)S(=O)(=O)CC1CCCCC1. The lowest BCUT2D eigenvalue weighted by Gasteiger charge is -2.26. The Kier molecular flexibility index (Phi) is 7.94. The molecule has 0 aromatic carbocycles. The molecular formula is C13H26N2O3S2. The summed E-state index contributed by atoms with van der Waals surface area (Å²) in [6, 6.07) is 0. The number of ether oxygens (including phenoxy) is 1. The van der Waals surface area contributed by atoms with Crippen LogP contribution < -0.4 is 5.73 Å². The summed E-state index contributed by atoms with van der Waals surface area (Å²) in [4.78, 5) is 0.347. The van der Waals surface area contributed by atoms with Crippen molar-refractivity contribution in [2.45, 2.75) is 38.5 Å². The molecule has 0 aromatic rings. The number of methoxy groups -OCH3 is 1. The summed E-state index contributed by atoms with van der Waals surface area (Å²) in [5.41, 5.74) is 5.48. The van der Waals surface area contributed by atoms with Crippen LogP contribution in [-0.4, -0.2) is 50.3 Å². The van der Waals surface area contributed by atoms with Crippen molar-refractivity contribution in [3.05, 3.63) is 0 Å². The minimum absolute atomic E-state index is 0.244. The van der Waals surface area contributed by atoms with Gasteiger partial charge in [-0.15, -0.1) is 0 Å². The second-order valence-electron chi connectivity index (χ2n) is 5.39. The van der Waals surface area contributed by atoms with E-state index in [1.165, 1.54) is 10.7 Å². The van der Waals surface area contributed by atoms with Crippen LogP contribution in [0.1, 0.15) is 38.5 Å². The van der Waals surface area contributed by atoms with Crippen LogP contribution in [0.5, 0.6) is 0 Å². The Bertz CT molecular complexity index is 392. The van der Waals surface area contributed by atoms with Gasteiger partial charge in [0.25, 0.3) is 0 Å². The third-order valence-electron chi connectivity index (χ3n) is 3.72. The molecule has 0 amide bonds. The highest BCUT2D eigenvalue weighted by atomic mass is 32.2. The number of hydrogen-bond donors (Lipinski definition) is 1. The average Bonchev–Trinajstić information content (AvgIpc) is 2.38. The molecule has 20 heavy (non-hydrogen) atoms. The van der Waals surface area contributed by atoms with Gasteiger partial charge in [-0.2, -0.15) is 4.31 Å². The number of nitrogens with two attached hydrogens (primary N) is 1. The topological polar surface area (TPSA) is 72.6 Å². The first-order valence-corrected chi connectivity index (χ1v) is 9.22. The van der Waals surface area contributed by atoms with Gasteiger partial charge >= 0.3 is 0 Å². The lowest BCUT2D eigenvalue weighted by atomic mass is 9.91. The highest BCUT2D eigenvalue weighted by molar-refractivity contribution is 7.89. The lowest BCUT2D eigenvalue weighted by molar-refractivity contribution is 0.179. The maximum atomic E-state index is 12.5. The van der Waals surface area contributed by atoms with E-state index in [2.05, 4.69) is 0 Å². The highest BCUT2D eigenvalue weighted by Crippen LogP contribution is 2.25. The van der Waals surface area contributed by atoms with Crippen LogP contribution in [-0.2, 0) is 14.8 Å². The molecule has 5 nitrogen and oxygen atoms in total. The van der Waals surface area contributed by atoms with Gasteiger partial charge in [0.2, 0.25) is 10.0 Å². The fraction of sp³-hybridized carbons (Fsp3) is 0.923. The lowest BCUT2D eigenvalue weighted by Crippen LogP contribution is -2.39. The summed E-state index contributed by atoms with van der Waals surface area (Å²) in [6.07, 6.45) is 5.98.